The smallest absolute Gasteiger partial charge is 0.250 e. The van der Waals surface area contributed by atoms with E-state index in [0.717, 1.165) is 12.3 Å². The van der Waals surface area contributed by atoms with E-state index in [1.54, 1.807) is 0 Å². The number of hydrogen-bond acceptors (Lipinski definition) is 2. The van der Waals surface area contributed by atoms with Crippen molar-refractivity contribution in [2.45, 2.75) is 123 Å². The van der Waals surface area contributed by atoms with Crippen molar-refractivity contribution in [3.63, 3.8) is 0 Å². The molecule has 0 radical (unpaired) electrons. The van der Waals surface area contributed by atoms with Crippen LogP contribution in [0.15, 0.2) is 24.3 Å². The molecule has 0 aliphatic rings. The van der Waals surface area contributed by atoms with E-state index in [1.807, 2.05) is 0 Å². The van der Waals surface area contributed by atoms with Gasteiger partial charge in [0.2, 0.25) is 8.32 Å². The molecule has 0 saturated carbocycles. The molecule has 0 heterocycles. The van der Waals surface area contributed by atoms with Gasteiger partial charge in [0, 0.05) is 6.54 Å². The molecular weight excluding hydrogens is 415 g/mol. The van der Waals surface area contributed by atoms with Crippen LogP contribution in [0, 0.1) is 0 Å². The van der Waals surface area contributed by atoms with Gasteiger partial charge in [-0.05, 0) is 72.1 Å². The molecule has 0 amide bonds. The molecule has 1 aromatic rings. The van der Waals surface area contributed by atoms with Gasteiger partial charge in [0.05, 0.1) is 0 Å². The van der Waals surface area contributed by atoms with E-state index in [-0.39, 0.29) is 0 Å². The van der Waals surface area contributed by atoms with Crippen molar-refractivity contribution in [2.24, 2.45) is 0 Å². The Balaban J connectivity index is 3.25. The summed E-state index contributed by atoms with van der Waals surface area (Å²) in [5, 5.41) is 0. The highest BCUT2D eigenvalue weighted by Crippen LogP contribution is 2.37. The third-order valence-corrected chi connectivity index (χ3v) is 26.5. The monoisotopic (exact) mass is 465 g/mol. The van der Waals surface area contributed by atoms with Crippen molar-refractivity contribution in [3.05, 3.63) is 29.8 Å². The highest BCUT2D eigenvalue weighted by Gasteiger charge is 2.45. The third kappa shape index (κ3) is 5.90. The van der Waals surface area contributed by atoms with Gasteiger partial charge >= 0.3 is 0 Å². The van der Waals surface area contributed by atoms with Crippen LogP contribution in [0.5, 0.6) is 5.75 Å². The molecule has 5 heteroatoms. The summed E-state index contributed by atoms with van der Waals surface area (Å²) in [7, 11) is -4.45. The zero-order valence-electron chi connectivity index (χ0n) is 21.7. The fraction of sp³-hybridized carbons (Fsp3) is 0.760. The fourth-order valence-corrected chi connectivity index (χ4v) is 21.3. The summed E-state index contributed by atoms with van der Waals surface area (Å²) in [4.78, 5) is 0. The summed E-state index contributed by atoms with van der Waals surface area (Å²) in [6, 6.07) is 21.1. The second-order valence-corrected chi connectivity index (χ2v) is 24.5. The maximum atomic E-state index is 6.61. The highest BCUT2D eigenvalue weighted by molar-refractivity contribution is 6.92. The maximum Gasteiger partial charge on any atom is 0.250 e. The van der Waals surface area contributed by atoms with Crippen molar-refractivity contribution in [1.82, 2.24) is 4.23 Å². The summed E-state index contributed by atoms with van der Waals surface area (Å²) in [5.41, 5.74) is 1.48. The van der Waals surface area contributed by atoms with Gasteiger partial charge in [-0.3, -0.25) is 0 Å². The average molecular weight is 466 g/mol. The lowest BCUT2D eigenvalue weighted by Gasteiger charge is -2.52. The summed E-state index contributed by atoms with van der Waals surface area (Å²) in [6.45, 7) is 22.9. The normalized spacial score (nSPS) is 13.1. The standard InChI is InChI=1S/C25H51NOSi3/c1-10-28(11-2,12-3)26(29(13-4,14-5)15-6)23-24-19-21-25(22-20-24)27-30(16-7,17-8)18-9/h19-22H,10-18,23H2,1-9H3. The predicted octanol–water partition coefficient (Wildman–Crippen LogP) is 8.88. The molecule has 0 bridgehead atoms. The van der Waals surface area contributed by atoms with Crippen LogP contribution in [0.3, 0.4) is 0 Å². The molecule has 0 N–H and O–H groups in total. The number of benzene rings is 1. The molecule has 1 rings (SSSR count). The van der Waals surface area contributed by atoms with Crippen LogP contribution in [0.25, 0.3) is 0 Å². The lowest BCUT2D eigenvalue weighted by Crippen LogP contribution is -2.65. The Kier molecular flexibility index (Phi) is 11.6. The van der Waals surface area contributed by atoms with E-state index in [0.29, 0.717) is 0 Å². The molecular formula is C25H51NOSi3. The molecule has 0 aliphatic heterocycles. The summed E-state index contributed by atoms with van der Waals surface area (Å²) in [6.07, 6.45) is 0. The molecule has 0 saturated heterocycles. The average Bonchev–Trinajstić information content (AvgIpc) is 2.81. The highest BCUT2D eigenvalue weighted by atomic mass is 28.4. The van der Waals surface area contributed by atoms with E-state index in [2.05, 4.69) is 90.8 Å². The molecule has 174 valence electrons. The van der Waals surface area contributed by atoms with Crippen molar-refractivity contribution < 1.29 is 4.43 Å². The lowest BCUT2D eigenvalue weighted by molar-refractivity contribution is 0.530. The van der Waals surface area contributed by atoms with Crippen LogP contribution in [0.1, 0.15) is 67.9 Å². The summed E-state index contributed by atoms with van der Waals surface area (Å²) < 4.78 is 9.78. The van der Waals surface area contributed by atoms with Gasteiger partial charge in [0.1, 0.15) is 22.2 Å². The fourth-order valence-electron chi connectivity index (χ4n) is 5.55. The van der Waals surface area contributed by atoms with Crippen LogP contribution in [0.2, 0.25) is 54.4 Å². The second-order valence-electron chi connectivity index (χ2n) is 9.15. The molecule has 0 fully saturated rings. The van der Waals surface area contributed by atoms with E-state index in [1.165, 1.54) is 60.0 Å². The van der Waals surface area contributed by atoms with Gasteiger partial charge < -0.3 is 8.66 Å². The SMILES string of the molecule is CC[Si](CC)(CC)Oc1ccc(CN([Si](CC)(CC)CC)[Si](CC)(CC)CC)cc1. The van der Waals surface area contributed by atoms with Gasteiger partial charge in [-0.1, -0.05) is 74.4 Å². The quantitative estimate of drug-likeness (QED) is 0.240. The van der Waals surface area contributed by atoms with Crippen molar-refractivity contribution in [3.8, 4) is 5.75 Å². The van der Waals surface area contributed by atoms with Crippen LogP contribution < -0.4 is 4.43 Å². The zero-order valence-corrected chi connectivity index (χ0v) is 24.7. The van der Waals surface area contributed by atoms with Gasteiger partial charge in [-0.15, -0.1) is 0 Å². The van der Waals surface area contributed by atoms with Gasteiger partial charge in [0.25, 0.3) is 0 Å². The molecule has 1 aromatic carbocycles. The van der Waals surface area contributed by atoms with E-state index < -0.39 is 24.8 Å². The Bertz CT molecular complexity index is 548. The number of nitrogens with zero attached hydrogens (tertiary/aromatic N) is 1. The Hall–Kier alpha value is -0.369. The summed E-state index contributed by atoms with van der Waals surface area (Å²) in [5.74, 6) is 1.09. The Morgan fingerprint density at radius 1 is 0.567 bits per heavy atom. The first kappa shape index (κ1) is 27.7. The van der Waals surface area contributed by atoms with Gasteiger partial charge in [0.15, 0.2) is 0 Å². The Morgan fingerprint density at radius 2 is 0.933 bits per heavy atom. The predicted molar refractivity (Wildman–Crippen MR) is 144 cm³/mol. The van der Waals surface area contributed by atoms with E-state index >= 15 is 0 Å². The minimum Gasteiger partial charge on any atom is -0.544 e. The molecule has 0 aliphatic carbocycles. The van der Waals surface area contributed by atoms with Crippen LogP contribution in [-0.2, 0) is 6.54 Å². The zero-order chi connectivity index (χ0) is 22.8. The maximum absolute atomic E-state index is 6.61. The van der Waals surface area contributed by atoms with Crippen LogP contribution in [0.4, 0.5) is 0 Å². The largest absolute Gasteiger partial charge is 0.544 e. The lowest BCUT2D eigenvalue weighted by atomic mass is 10.2. The van der Waals surface area contributed by atoms with Crippen molar-refractivity contribution in [2.75, 3.05) is 0 Å². The van der Waals surface area contributed by atoms with Crippen LogP contribution in [-0.4, -0.2) is 29.0 Å². The van der Waals surface area contributed by atoms with Crippen LogP contribution >= 0.6 is 0 Å². The Morgan fingerprint density at radius 3 is 1.23 bits per heavy atom. The molecule has 0 aromatic heterocycles. The molecule has 2 nitrogen and oxygen atoms in total. The first-order valence-corrected chi connectivity index (χ1v) is 20.6. The van der Waals surface area contributed by atoms with Crippen molar-refractivity contribution in [1.29, 1.82) is 0 Å². The molecule has 0 atom stereocenters. The molecule has 30 heavy (non-hydrogen) atoms. The van der Waals surface area contributed by atoms with Gasteiger partial charge in [-0.2, -0.15) is 0 Å². The number of hydrogen-bond donors (Lipinski definition) is 0. The number of rotatable bonds is 15. The van der Waals surface area contributed by atoms with Crippen molar-refractivity contribution >= 4 is 24.8 Å². The summed E-state index contributed by atoms with van der Waals surface area (Å²) >= 11 is 0. The minimum atomic E-state index is -1.60. The third-order valence-electron chi connectivity index (χ3n) is 8.63. The van der Waals surface area contributed by atoms with E-state index in [4.69, 9.17) is 4.43 Å². The molecule has 0 unspecified atom stereocenters. The van der Waals surface area contributed by atoms with Gasteiger partial charge in [-0.25, -0.2) is 0 Å². The van der Waals surface area contributed by atoms with E-state index in [9.17, 15) is 0 Å². The molecule has 0 spiro atoms. The topological polar surface area (TPSA) is 12.5 Å². The first-order valence-electron chi connectivity index (χ1n) is 12.9. The first-order chi connectivity index (χ1) is 14.3. The minimum absolute atomic E-state index is 1.09. The Labute approximate surface area is 192 Å². The second kappa shape index (κ2) is 12.6.